The molecule has 0 radical (unpaired) electrons. The number of nitrogens with one attached hydrogen (secondary N) is 3. The van der Waals surface area contributed by atoms with Crippen LogP contribution in [0, 0.1) is 5.92 Å². The van der Waals surface area contributed by atoms with Gasteiger partial charge in [0.05, 0.1) is 0 Å². The molecule has 1 heterocycles. The number of likely N-dealkylation sites (tertiary alicyclic amines) is 1. The molecule has 8 nitrogen and oxygen atoms in total. The van der Waals surface area contributed by atoms with Gasteiger partial charge in [-0.3, -0.25) is 14.4 Å². The van der Waals surface area contributed by atoms with Crippen molar-refractivity contribution < 1.29 is 19.1 Å². The Hall–Kier alpha value is -2.97. The first-order valence-corrected chi connectivity index (χ1v) is 13.7. The van der Waals surface area contributed by atoms with Gasteiger partial charge in [0.15, 0.2) is 0 Å². The average Bonchev–Trinajstić information content (AvgIpc) is 3.39. The van der Waals surface area contributed by atoms with Crippen molar-refractivity contribution in [1.82, 2.24) is 20.9 Å². The highest BCUT2D eigenvalue weighted by atomic mass is 16.5. The van der Waals surface area contributed by atoms with Crippen molar-refractivity contribution in [3.05, 3.63) is 48.0 Å². The Morgan fingerprint density at radius 3 is 2.53 bits per heavy atom. The summed E-state index contributed by atoms with van der Waals surface area (Å²) in [4.78, 5) is 41.4. The van der Waals surface area contributed by atoms with Gasteiger partial charge in [-0.1, -0.05) is 56.3 Å². The predicted octanol–water partition coefficient (Wildman–Crippen LogP) is 3.04. The monoisotopic (exact) mass is 524 g/mol. The molecule has 0 spiro atoms. The number of methoxy groups -OCH3 is 1. The Balaban J connectivity index is 1.71. The van der Waals surface area contributed by atoms with Gasteiger partial charge >= 0.3 is 0 Å². The first-order chi connectivity index (χ1) is 18.1. The second kappa shape index (κ2) is 13.7. The van der Waals surface area contributed by atoms with Gasteiger partial charge in [0, 0.05) is 26.6 Å². The van der Waals surface area contributed by atoms with E-state index in [-0.39, 0.29) is 17.7 Å². The Labute approximate surface area is 226 Å². The third kappa shape index (κ3) is 8.01. The number of hydrogen-bond donors (Lipinski definition) is 3. The van der Waals surface area contributed by atoms with E-state index in [4.69, 9.17) is 4.74 Å². The molecule has 0 bridgehead atoms. The van der Waals surface area contributed by atoms with Crippen LogP contribution in [-0.4, -0.2) is 73.6 Å². The number of hydrogen-bond acceptors (Lipinski definition) is 5. The fraction of sp³-hybridized carbons (Fsp3) is 0.567. The van der Waals surface area contributed by atoms with Gasteiger partial charge in [0.25, 0.3) is 5.91 Å². The second-order valence-electron chi connectivity index (χ2n) is 11.1. The SMILES string of the molecule is COC(C)(C)C(=O)N1CCC[C@H]1C(=O)N[C@H](Cc1ccc2ccccc2c1)C(=O)NCCCNCC(C)C. The minimum absolute atomic E-state index is 0.219. The maximum absolute atomic E-state index is 13.4. The first-order valence-electron chi connectivity index (χ1n) is 13.7. The number of ether oxygens (including phenoxy) is 1. The van der Waals surface area contributed by atoms with Gasteiger partial charge in [-0.15, -0.1) is 0 Å². The highest BCUT2D eigenvalue weighted by Crippen LogP contribution is 2.23. The first kappa shape index (κ1) is 29.6. The topological polar surface area (TPSA) is 99.8 Å². The van der Waals surface area contributed by atoms with Gasteiger partial charge in [-0.2, -0.15) is 0 Å². The molecule has 1 aliphatic rings. The minimum atomic E-state index is -1.02. The zero-order valence-electron chi connectivity index (χ0n) is 23.5. The van der Waals surface area contributed by atoms with Gasteiger partial charge in [0.2, 0.25) is 11.8 Å². The summed E-state index contributed by atoms with van der Waals surface area (Å²) in [5.41, 5.74) is -0.0587. The smallest absolute Gasteiger partial charge is 0.254 e. The highest BCUT2D eigenvalue weighted by Gasteiger charge is 2.41. The summed E-state index contributed by atoms with van der Waals surface area (Å²) in [5.74, 6) is -0.171. The lowest BCUT2D eigenvalue weighted by Gasteiger charge is -2.32. The van der Waals surface area contributed by atoms with E-state index in [0.29, 0.717) is 31.8 Å². The van der Waals surface area contributed by atoms with E-state index in [9.17, 15) is 14.4 Å². The molecule has 2 atom stereocenters. The molecule has 2 aromatic rings. The maximum atomic E-state index is 13.4. The van der Waals surface area contributed by atoms with Crippen molar-refractivity contribution in [1.29, 1.82) is 0 Å². The van der Waals surface area contributed by atoms with Crippen LogP contribution in [0.4, 0.5) is 0 Å². The molecule has 1 fully saturated rings. The fourth-order valence-electron chi connectivity index (χ4n) is 4.73. The van der Waals surface area contributed by atoms with Crippen LogP contribution in [-0.2, 0) is 25.5 Å². The highest BCUT2D eigenvalue weighted by molar-refractivity contribution is 5.94. The normalized spacial score (nSPS) is 16.6. The van der Waals surface area contributed by atoms with E-state index in [0.717, 1.165) is 42.3 Å². The summed E-state index contributed by atoms with van der Waals surface area (Å²) in [6.07, 6.45) is 2.45. The lowest BCUT2D eigenvalue weighted by molar-refractivity contribution is -0.154. The van der Waals surface area contributed by atoms with E-state index in [1.165, 1.54) is 7.11 Å². The van der Waals surface area contributed by atoms with Crippen LogP contribution < -0.4 is 16.0 Å². The number of nitrogens with zero attached hydrogens (tertiary/aromatic N) is 1. The summed E-state index contributed by atoms with van der Waals surface area (Å²) in [6.45, 7) is 10.5. The molecule has 1 aliphatic heterocycles. The van der Waals surface area contributed by atoms with Crippen LogP contribution in [0.5, 0.6) is 0 Å². The molecule has 2 aromatic carbocycles. The maximum Gasteiger partial charge on any atom is 0.254 e. The summed E-state index contributed by atoms with van der Waals surface area (Å²) < 4.78 is 5.37. The van der Waals surface area contributed by atoms with Gasteiger partial charge in [0.1, 0.15) is 17.7 Å². The minimum Gasteiger partial charge on any atom is -0.369 e. The van der Waals surface area contributed by atoms with Gasteiger partial charge in [-0.05, 0) is 68.5 Å². The molecule has 8 heteroatoms. The fourth-order valence-corrected chi connectivity index (χ4v) is 4.73. The second-order valence-corrected chi connectivity index (χ2v) is 11.1. The van der Waals surface area contributed by atoms with E-state index >= 15 is 0 Å². The number of rotatable bonds is 13. The molecular formula is C30H44N4O4. The summed E-state index contributed by atoms with van der Waals surface area (Å²) in [6, 6.07) is 12.8. The number of fused-ring (bicyclic) bond motifs is 1. The van der Waals surface area contributed by atoms with Crippen LogP contribution in [0.3, 0.4) is 0 Å². The van der Waals surface area contributed by atoms with Gasteiger partial charge in [-0.25, -0.2) is 0 Å². The van der Waals surface area contributed by atoms with Crippen LogP contribution in [0.15, 0.2) is 42.5 Å². The van der Waals surface area contributed by atoms with Crippen molar-refractivity contribution in [3.8, 4) is 0 Å². The van der Waals surface area contributed by atoms with Crippen LogP contribution in [0.2, 0.25) is 0 Å². The Morgan fingerprint density at radius 2 is 1.82 bits per heavy atom. The van der Waals surface area contributed by atoms with E-state index < -0.39 is 17.7 Å². The van der Waals surface area contributed by atoms with Crippen molar-refractivity contribution in [2.45, 2.75) is 71.1 Å². The Morgan fingerprint density at radius 1 is 1.08 bits per heavy atom. The molecule has 0 saturated carbocycles. The van der Waals surface area contributed by atoms with Crippen molar-refractivity contribution in [2.24, 2.45) is 5.92 Å². The number of benzene rings is 2. The molecule has 3 N–H and O–H groups in total. The van der Waals surface area contributed by atoms with Crippen molar-refractivity contribution in [3.63, 3.8) is 0 Å². The van der Waals surface area contributed by atoms with Crippen LogP contribution in [0.25, 0.3) is 10.8 Å². The molecule has 208 valence electrons. The van der Waals surface area contributed by atoms with Gasteiger partial charge < -0.3 is 25.6 Å². The lowest BCUT2D eigenvalue weighted by Crippen LogP contribution is -2.56. The zero-order chi connectivity index (χ0) is 27.7. The van der Waals surface area contributed by atoms with E-state index in [1.807, 2.05) is 36.4 Å². The summed E-state index contributed by atoms with van der Waals surface area (Å²) in [5, 5.41) is 11.6. The van der Waals surface area contributed by atoms with Crippen molar-refractivity contribution >= 4 is 28.5 Å². The largest absolute Gasteiger partial charge is 0.369 e. The third-order valence-corrected chi connectivity index (χ3v) is 7.11. The summed E-state index contributed by atoms with van der Waals surface area (Å²) >= 11 is 0. The number of carbonyl (C=O) groups is 3. The number of carbonyl (C=O) groups excluding carboxylic acids is 3. The quantitative estimate of drug-likeness (QED) is 0.350. The average molecular weight is 525 g/mol. The third-order valence-electron chi connectivity index (χ3n) is 7.11. The molecule has 0 aliphatic carbocycles. The molecule has 3 rings (SSSR count). The molecule has 38 heavy (non-hydrogen) atoms. The molecule has 1 saturated heterocycles. The van der Waals surface area contributed by atoms with Crippen molar-refractivity contribution in [2.75, 3.05) is 33.3 Å². The summed E-state index contributed by atoms with van der Waals surface area (Å²) in [7, 11) is 1.49. The Kier molecular flexibility index (Phi) is 10.7. The zero-order valence-corrected chi connectivity index (χ0v) is 23.5. The number of amides is 3. The molecule has 0 unspecified atom stereocenters. The lowest BCUT2D eigenvalue weighted by atomic mass is 10.0. The molecule has 3 amide bonds. The van der Waals surface area contributed by atoms with Crippen LogP contribution >= 0.6 is 0 Å². The molecular weight excluding hydrogens is 480 g/mol. The molecule has 0 aromatic heterocycles. The predicted molar refractivity (Wildman–Crippen MR) is 151 cm³/mol. The Bertz CT molecular complexity index is 1100. The standard InChI is InChI=1S/C30H44N4O4/c1-21(2)20-31-15-9-16-32-27(35)25(19-22-13-14-23-10-6-7-11-24(23)18-22)33-28(36)26-12-8-17-34(26)29(37)30(3,4)38-5/h6-7,10-11,13-14,18,21,25-26,31H,8-9,12,15-17,19-20H2,1-5H3,(H,32,35)(H,33,36)/t25-,26+/m1/s1. The van der Waals surface area contributed by atoms with E-state index in [1.54, 1.807) is 18.7 Å². The van der Waals surface area contributed by atoms with E-state index in [2.05, 4.69) is 35.9 Å². The van der Waals surface area contributed by atoms with Crippen LogP contribution in [0.1, 0.15) is 52.5 Å².